The first-order valence-electron chi connectivity index (χ1n) is 10.4. The maximum atomic E-state index is 14.0. The lowest BCUT2D eigenvalue weighted by Gasteiger charge is -2.41. The van der Waals surface area contributed by atoms with Gasteiger partial charge < -0.3 is 9.47 Å². The Morgan fingerprint density at radius 3 is 1.43 bits per heavy atom. The summed E-state index contributed by atoms with van der Waals surface area (Å²) in [5.74, 6) is -3.28. The highest BCUT2D eigenvalue weighted by molar-refractivity contribution is 6.02. The van der Waals surface area contributed by atoms with Crippen molar-refractivity contribution in [1.29, 1.82) is 0 Å². The van der Waals surface area contributed by atoms with Gasteiger partial charge in [0, 0.05) is 10.8 Å². The maximum absolute atomic E-state index is 14.0. The molecule has 5 aliphatic carbocycles. The molecule has 7 aliphatic rings. The minimum Gasteiger partial charge on any atom is -0.393 e. The summed E-state index contributed by atoms with van der Waals surface area (Å²) in [6.45, 7) is 0. The van der Waals surface area contributed by atoms with Crippen molar-refractivity contribution in [2.24, 2.45) is 58.2 Å². The van der Waals surface area contributed by atoms with Gasteiger partial charge in [0.25, 0.3) is 0 Å². The molecule has 0 aromatic heterocycles. The van der Waals surface area contributed by atoms with Gasteiger partial charge in [-0.2, -0.15) is 0 Å². The lowest BCUT2D eigenvalue weighted by atomic mass is 9.58. The number of esters is 4. The van der Waals surface area contributed by atoms with Gasteiger partial charge in [-0.25, -0.2) is 0 Å². The van der Waals surface area contributed by atoms with E-state index in [0.29, 0.717) is 12.8 Å². The second kappa shape index (κ2) is 4.41. The molecule has 0 aromatic carbocycles. The number of ether oxygens (including phenoxy) is 2. The predicted molar refractivity (Wildman–Crippen MR) is 87.7 cm³/mol. The molecule has 10 atom stereocenters. The number of hydrogen-bond donors (Lipinski definition) is 0. The Bertz CT molecular complexity index is 850. The molecule has 0 aromatic rings. The van der Waals surface area contributed by atoms with Crippen LogP contribution in [0.2, 0.25) is 0 Å². The summed E-state index contributed by atoms with van der Waals surface area (Å²) in [4.78, 5) is 62.8. The zero-order chi connectivity index (χ0) is 19.2. The summed E-state index contributed by atoms with van der Waals surface area (Å²) in [6.07, 6.45) is 4.27. The van der Waals surface area contributed by atoms with Crippen LogP contribution in [0.5, 0.6) is 0 Å². The van der Waals surface area contributed by atoms with E-state index in [1.54, 1.807) is 0 Å². The molecule has 0 amide bonds. The number of Topliss-reactive ketones (excluding diaryl/α,β-unsaturated/α-hetero) is 1. The van der Waals surface area contributed by atoms with Gasteiger partial charge in [-0.05, 0) is 62.2 Å². The van der Waals surface area contributed by atoms with Gasteiger partial charge in [0.15, 0.2) is 0 Å². The molecule has 0 N–H and O–H groups in total. The van der Waals surface area contributed by atoms with E-state index in [1.807, 2.05) is 0 Å². The normalized spacial score (nSPS) is 57.6. The van der Waals surface area contributed by atoms with E-state index in [2.05, 4.69) is 0 Å². The standard InChI is InChI=1S/C21H20O7/c22-15-11-7-3-9(13(11)17(24)27-15)20(5-7)1-2-21(19(20)26)6-8-4-10(21)14-12(8)16(23)28-18(14)25/h7-14H,1-6H2/t7-,8?,9+,10?,11-,12-,13?,14?,20+,21+/m0/s1. The summed E-state index contributed by atoms with van der Waals surface area (Å²) < 4.78 is 9.82. The van der Waals surface area contributed by atoms with Gasteiger partial charge >= 0.3 is 23.9 Å². The van der Waals surface area contributed by atoms with Crippen LogP contribution in [0.3, 0.4) is 0 Å². The predicted octanol–water partition coefficient (Wildman–Crippen LogP) is 1.03. The average Bonchev–Trinajstić information content (AvgIpc) is 3.46. The molecular weight excluding hydrogens is 364 g/mol. The van der Waals surface area contributed by atoms with Crippen molar-refractivity contribution < 1.29 is 33.4 Å². The van der Waals surface area contributed by atoms with Crippen molar-refractivity contribution in [3.05, 3.63) is 0 Å². The van der Waals surface area contributed by atoms with Gasteiger partial charge in [0.2, 0.25) is 0 Å². The Morgan fingerprint density at radius 2 is 1.00 bits per heavy atom. The molecule has 7 heteroatoms. The molecule has 7 rings (SSSR count). The average molecular weight is 384 g/mol. The molecule has 4 bridgehead atoms. The third-order valence-corrected chi connectivity index (χ3v) is 9.85. The van der Waals surface area contributed by atoms with E-state index in [4.69, 9.17) is 9.47 Å². The molecule has 7 nitrogen and oxygen atoms in total. The Labute approximate surface area is 160 Å². The molecule has 2 saturated heterocycles. The highest BCUT2D eigenvalue weighted by atomic mass is 16.6. The molecular formula is C21H20O7. The fraction of sp³-hybridized carbons (Fsp3) is 0.762. The smallest absolute Gasteiger partial charge is 0.317 e. The molecule has 5 saturated carbocycles. The maximum Gasteiger partial charge on any atom is 0.317 e. The minimum absolute atomic E-state index is 0.0532. The number of carbonyl (C=O) groups is 5. The van der Waals surface area contributed by atoms with Crippen LogP contribution in [0, 0.1) is 58.2 Å². The van der Waals surface area contributed by atoms with E-state index in [-0.39, 0.29) is 41.3 Å². The molecule has 4 unspecified atom stereocenters. The van der Waals surface area contributed by atoms with Crippen LogP contribution in [0.1, 0.15) is 38.5 Å². The summed E-state index contributed by atoms with van der Waals surface area (Å²) in [5.41, 5.74) is -1.11. The van der Waals surface area contributed by atoms with Crippen molar-refractivity contribution in [3.63, 3.8) is 0 Å². The summed E-state index contributed by atoms with van der Waals surface area (Å²) >= 11 is 0. The zero-order valence-electron chi connectivity index (χ0n) is 15.2. The van der Waals surface area contributed by atoms with Gasteiger partial charge in [-0.3, -0.25) is 24.0 Å². The van der Waals surface area contributed by atoms with E-state index in [9.17, 15) is 24.0 Å². The van der Waals surface area contributed by atoms with E-state index >= 15 is 0 Å². The lowest BCUT2D eigenvalue weighted by Crippen LogP contribution is -2.48. The van der Waals surface area contributed by atoms with Crippen LogP contribution in [-0.2, 0) is 33.4 Å². The largest absolute Gasteiger partial charge is 0.393 e. The molecule has 7 fully saturated rings. The molecule has 0 radical (unpaired) electrons. The summed E-state index contributed by atoms with van der Waals surface area (Å²) in [6, 6.07) is 0. The monoisotopic (exact) mass is 384 g/mol. The fourth-order valence-corrected chi connectivity index (χ4v) is 9.16. The van der Waals surface area contributed by atoms with Crippen molar-refractivity contribution in [2.75, 3.05) is 0 Å². The molecule has 2 aliphatic heterocycles. The lowest BCUT2D eigenvalue weighted by molar-refractivity contribution is -0.156. The van der Waals surface area contributed by atoms with Gasteiger partial charge in [-0.1, -0.05) is 0 Å². The summed E-state index contributed by atoms with van der Waals surface area (Å²) in [7, 11) is 0. The van der Waals surface area contributed by atoms with Gasteiger partial charge in [-0.15, -0.1) is 0 Å². The molecule has 2 spiro atoms. The third-order valence-electron chi connectivity index (χ3n) is 9.85. The minimum atomic E-state index is -0.554. The number of hydrogen-bond acceptors (Lipinski definition) is 7. The Kier molecular flexibility index (Phi) is 2.49. The number of cyclic esters (lactones) is 4. The Morgan fingerprint density at radius 1 is 0.607 bits per heavy atom. The van der Waals surface area contributed by atoms with Crippen LogP contribution in [-0.4, -0.2) is 29.7 Å². The first-order chi connectivity index (χ1) is 13.4. The van der Waals surface area contributed by atoms with Crippen LogP contribution >= 0.6 is 0 Å². The highest BCUT2D eigenvalue weighted by Gasteiger charge is 2.78. The third kappa shape index (κ3) is 1.40. The van der Waals surface area contributed by atoms with Crippen LogP contribution < -0.4 is 0 Å². The van der Waals surface area contributed by atoms with Crippen LogP contribution in [0.15, 0.2) is 0 Å². The van der Waals surface area contributed by atoms with E-state index in [1.165, 1.54) is 0 Å². The van der Waals surface area contributed by atoms with Gasteiger partial charge in [0.1, 0.15) is 5.78 Å². The number of carbonyl (C=O) groups excluding carboxylic acids is 5. The van der Waals surface area contributed by atoms with Crippen molar-refractivity contribution in [3.8, 4) is 0 Å². The van der Waals surface area contributed by atoms with Gasteiger partial charge in [0.05, 0.1) is 23.7 Å². The van der Waals surface area contributed by atoms with E-state index in [0.717, 1.165) is 25.7 Å². The van der Waals surface area contributed by atoms with Crippen LogP contribution in [0.4, 0.5) is 0 Å². The van der Waals surface area contributed by atoms with Crippen molar-refractivity contribution in [2.45, 2.75) is 38.5 Å². The first-order valence-corrected chi connectivity index (χ1v) is 10.4. The molecule has 146 valence electrons. The second-order valence-corrected chi connectivity index (χ2v) is 10.3. The SMILES string of the molecule is O=C1OC(=O)[C@H]2C3CC(C12)[C@@]1(CC[C@]2(C[C@@H]4C[C@@H]2C2C(=O)OC(=O)[C@H]24)C1=O)C3. The Balaban J connectivity index is 1.27. The first kappa shape index (κ1) is 15.8. The van der Waals surface area contributed by atoms with E-state index < -0.39 is 46.5 Å². The Hall–Kier alpha value is -2.05. The number of rotatable bonds is 0. The number of ketones is 1. The fourth-order valence-electron chi connectivity index (χ4n) is 9.16. The quantitative estimate of drug-likeness (QED) is 0.454. The second-order valence-electron chi connectivity index (χ2n) is 10.3. The number of fused-ring (bicyclic) bond motifs is 12. The van der Waals surface area contributed by atoms with Crippen LogP contribution in [0.25, 0.3) is 0 Å². The zero-order valence-corrected chi connectivity index (χ0v) is 15.2. The highest BCUT2D eigenvalue weighted by Crippen LogP contribution is 2.75. The molecule has 28 heavy (non-hydrogen) atoms. The topological polar surface area (TPSA) is 104 Å². The molecule has 2 heterocycles. The van der Waals surface area contributed by atoms with Crippen molar-refractivity contribution >= 4 is 29.7 Å². The van der Waals surface area contributed by atoms with Crippen molar-refractivity contribution in [1.82, 2.24) is 0 Å². The summed E-state index contributed by atoms with van der Waals surface area (Å²) in [5, 5.41) is 0.